The Bertz CT molecular complexity index is 1010. The zero-order valence-electron chi connectivity index (χ0n) is 14.7. The summed E-state index contributed by atoms with van der Waals surface area (Å²) in [7, 11) is 0. The molecule has 1 saturated carbocycles. The third-order valence-corrected chi connectivity index (χ3v) is 4.58. The largest absolute Gasteiger partial charge is 0.422 e. The van der Waals surface area contributed by atoms with Crippen LogP contribution in [0.5, 0.6) is 0 Å². The smallest absolute Gasteiger partial charge is 0.273 e. The minimum absolute atomic E-state index is 0.00337. The van der Waals surface area contributed by atoms with Gasteiger partial charge in [-0.25, -0.2) is 8.78 Å². The van der Waals surface area contributed by atoms with E-state index in [9.17, 15) is 18.7 Å². The fourth-order valence-corrected chi connectivity index (χ4v) is 2.98. The number of carbonyl (C=O) groups excluding carboxylic acids is 1. The number of aromatic nitrogens is 3. The van der Waals surface area contributed by atoms with Crippen molar-refractivity contribution in [2.24, 2.45) is 0 Å². The van der Waals surface area contributed by atoms with E-state index in [0.717, 1.165) is 12.1 Å². The molecule has 0 spiro atoms. The molecule has 28 heavy (non-hydrogen) atoms. The zero-order valence-corrected chi connectivity index (χ0v) is 14.7. The van der Waals surface area contributed by atoms with Crippen LogP contribution >= 0.6 is 0 Å². The van der Waals surface area contributed by atoms with Crippen LogP contribution in [-0.4, -0.2) is 32.4 Å². The summed E-state index contributed by atoms with van der Waals surface area (Å²) < 4.78 is 37.2. The minimum Gasteiger partial charge on any atom is -0.422 e. The molecule has 0 saturated heterocycles. The molecule has 0 bridgehead atoms. The zero-order chi connectivity index (χ0) is 19.8. The molecular formula is C18H16F2N4O4. The molecule has 10 heteroatoms. The van der Waals surface area contributed by atoms with Crippen molar-refractivity contribution in [1.29, 1.82) is 0 Å². The van der Waals surface area contributed by atoms with Gasteiger partial charge in [0, 0.05) is 24.1 Å². The molecule has 0 aliphatic heterocycles. The summed E-state index contributed by atoms with van der Waals surface area (Å²) in [5.74, 6) is -1.35. The Hall–Kier alpha value is -3.14. The van der Waals surface area contributed by atoms with Crippen molar-refractivity contribution in [3.05, 3.63) is 53.4 Å². The fourth-order valence-electron chi connectivity index (χ4n) is 2.98. The molecule has 1 aliphatic carbocycles. The van der Waals surface area contributed by atoms with Gasteiger partial charge in [0.15, 0.2) is 11.5 Å². The van der Waals surface area contributed by atoms with E-state index in [4.69, 9.17) is 8.94 Å². The number of hydrogen-bond donors (Lipinski definition) is 2. The second kappa shape index (κ2) is 7.12. The van der Waals surface area contributed by atoms with E-state index in [0.29, 0.717) is 18.7 Å². The molecule has 1 amide bonds. The first-order valence-corrected chi connectivity index (χ1v) is 8.65. The van der Waals surface area contributed by atoms with Crippen LogP contribution in [0.1, 0.15) is 54.1 Å². The van der Waals surface area contributed by atoms with Crippen molar-refractivity contribution in [1.82, 2.24) is 20.7 Å². The van der Waals surface area contributed by atoms with Crippen LogP contribution in [0.3, 0.4) is 0 Å². The van der Waals surface area contributed by atoms with Crippen molar-refractivity contribution in [3.63, 3.8) is 0 Å². The third kappa shape index (κ3) is 3.50. The van der Waals surface area contributed by atoms with Gasteiger partial charge in [0.1, 0.15) is 17.7 Å². The number of amides is 1. The van der Waals surface area contributed by atoms with Crippen LogP contribution in [-0.2, 0) is 0 Å². The monoisotopic (exact) mass is 390 g/mol. The normalized spacial score (nSPS) is 19.9. The molecular weight excluding hydrogens is 374 g/mol. The molecule has 4 rings (SSSR count). The first-order chi connectivity index (χ1) is 13.4. The summed E-state index contributed by atoms with van der Waals surface area (Å²) in [5.41, 5.74) is 0.0123. The lowest BCUT2D eigenvalue weighted by molar-refractivity contribution is 0.0892. The molecule has 0 radical (unpaired) electrons. The Balaban J connectivity index is 1.36. The van der Waals surface area contributed by atoms with Gasteiger partial charge in [0.2, 0.25) is 11.8 Å². The molecule has 0 unspecified atom stereocenters. The first kappa shape index (κ1) is 18.2. The summed E-state index contributed by atoms with van der Waals surface area (Å²) >= 11 is 0. The number of hydrogen-bond acceptors (Lipinski definition) is 7. The number of rotatable bonds is 5. The number of nitrogens with zero attached hydrogens (tertiary/aromatic N) is 3. The van der Waals surface area contributed by atoms with Crippen molar-refractivity contribution >= 4 is 5.91 Å². The Labute approximate surface area is 157 Å². The summed E-state index contributed by atoms with van der Waals surface area (Å²) in [6.07, 6.45) is 0.374. The summed E-state index contributed by atoms with van der Waals surface area (Å²) in [5, 5.41) is 23.5. The number of nitrogens with one attached hydrogen (secondary N) is 1. The van der Waals surface area contributed by atoms with Crippen LogP contribution in [0.25, 0.3) is 11.3 Å². The molecule has 146 valence electrons. The maximum absolute atomic E-state index is 13.8. The topological polar surface area (TPSA) is 114 Å². The lowest BCUT2D eigenvalue weighted by Crippen LogP contribution is -2.43. The first-order valence-electron chi connectivity index (χ1n) is 8.65. The van der Waals surface area contributed by atoms with Gasteiger partial charge in [-0.3, -0.25) is 4.79 Å². The third-order valence-electron chi connectivity index (χ3n) is 4.58. The molecule has 2 N–H and O–H groups in total. The van der Waals surface area contributed by atoms with E-state index in [2.05, 4.69) is 20.7 Å². The average Bonchev–Trinajstić information content (AvgIpc) is 3.27. The maximum atomic E-state index is 13.8. The molecule has 1 atom stereocenters. The fraction of sp³-hybridized carbons (Fsp3) is 0.333. The summed E-state index contributed by atoms with van der Waals surface area (Å²) in [4.78, 5) is 12.3. The Morgan fingerprint density at radius 3 is 2.75 bits per heavy atom. The van der Waals surface area contributed by atoms with Gasteiger partial charge in [-0.05, 0) is 31.9 Å². The van der Waals surface area contributed by atoms with Crippen molar-refractivity contribution < 1.29 is 27.6 Å². The molecule has 8 nitrogen and oxygen atoms in total. The number of halogens is 2. The van der Waals surface area contributed by atoms with Gasteiger partial charge >= 0.3 is 0 Å². The van der Waals surface area contributed by atoms with Gasteiger partial charge in [0.25, 0.3) is 5.91 Å². The van der Waals surface area contributed by atoms with Crippen LogP contribution in [0.4, 0.5) is 8.78 Å². The Morgan fingerprint density at radius 2 is 2.07 bits per heavy atom. The lowest BCUT2D eigenvalue weighted by Gasteiger charge is -2.33. The van der Waals surface area contributed by atoms with Crippen LogP contribution in [0.2, 0.25) is 0 Å². The van der Waals surface area contributed by atoms with Gasteiger partial charge < -0.3 is 19.4 Å². The highest BCUT2D eigenvalue weighted by molar-refractivity contribution is 5.93. The molecule has 2 heterocycles. The quantitative estimate of drug-likeness (QED) is 0.688. The summed E-state index contributed by atoms with van der Waals surface area (Å²) in [6, 6.07) is 4.23. The Kier molecular flexibility index (Phi) is 4.63. The average molecular weight is 390 g/mol. The van der Waals surface area contributed by atoms with Crippen LogP contribution in [0, 0.1) is 11.6 Å². The molecule has 1 aromatic carbocycles. The van der Waals surface area contributed by atoms with Gasteiger partial charge in [-0.15, -0.1) is 10.2 Å². The molecule has 1 fully saturated rings. The molecule has 3 aromatic rings. The van der Waals surface area contributed by atoms with E-state index >= 15 is 0 Å². The highest BCUT2D eigenvalue weighted by Gasteiger charge is 2.36. The predicted molar refractivity (Wildman–Crippen MR) is 90.0 cm³/mol. The van der Waals surface area contributed by atoms with Crippen LogP contribution in [0.15, 0.2) is 33.2 Å². The van der Waals surface area contributed by atoms with E-state index < -0.39 is 23.6 Å². The van der Waals surface area contributed by atoms with Gasteiger partial charge in [0.05, 0.1) is 5.56 Å². The van der Waals surface area contributed by atoms with Gasteiger partial charge in [-0.2, -0.15) is 0 Å². The standard InChI is InChI=1S/C18H16F2N4O4/c1-8(25)17-22-23-18(27-17)9-4-11(5-9)21-16(26)14-7-15(28-24-14)12-3-2-10(19)6-13(12)20/h2-3,6-9,11,25H,4-5H2,1H3,(H,21,26)/t8-,9?,11?/m1/s1. The van der Waals surface area contributed by atoms with Crippen molar-refractivity contribution in [2.75, 3.05) is 0 Å². The second-order valence-electron chi connectivity index (χ2n) is 6.69. The number of benzene rings is 1. The molecule has 2 aromatic heterocycles. The lowest BCUT2D eigenvalue weighted by atomic mass is 9.80. The van der Waals surface area contributed by atoms with Gasteiger partial charge in [-0.1, -0.05) is 5.16 Å². The predicted octanol–water partition coefficient (Wildman–Crippen LogP) is 2.73. The highest BCUT2D eigenvalue weighted by Crippen LogP contribution is 2.36. The van der Waals surface area contributed by atoms with E-state index in [1.807, 2.05) is 0 Å². The SMILES string of the molecule is C[C@@H](O)c1nnc(C2CC(NC(=O)c3cc(-c4ccc(F)cc4F)on3)C2)o1. The van der Waals surface area contributed by atoms with E-state index in [1.54, 1.807) is 0 Å². The van der Waals surface area contributed by atoms with Crippen molar-refractivity contribution in [2.45, 2.75) is 37.8 Å². The number of aliphatic hydroxyl groups is 1. The second-order valence-corrected chi connectivity index (χ2v) is 6.69. The molecule has 1 aliphatic rings. The number of carbonyl (C=O) groups is 1. The Morgan fingerprint density at radius 1 is 1.29 bits per heavy atom. The van der Waals surface area contributed by atoms with E-state index in [-0.39, 0.29) is 34.9 Å². The minimum atomic E-state index is -0.830. The maximum Gasteiger partial charge on any atom is 0.273 e. The highest BCUT2D eigenvalue weighted by atomic mass is 19.1. The van der Waals surface area contributed by atoms with Crippen molar-refractivity contribution in [3.8, 4) is 11.3 Å². The van der Waals surface area contributed by atoms with Crippen LogP contribution < -0.4 is 5.32 Å². The number of aliphatic hydroxyl groups excluding tert-OH is 1. The van der Waals surface area contributed by atoms with E-state index in [1.165, 1.54) is 19.1 Å². The summed E-state index contributed by atoms with van der Waals surface area (Å²) in [6.45, 7) is 1.53.